The first-order chi connectivity index (χ1) is 12.1. The van der Waals surface area contributed by atoms with Gasteiger partial charge in [-0.1, -0.05) is 0 Å². The van der Waals surface area contributed by atoms with Crippen LogP contribution in [0.2, 0.25) is 0 Å². The summed E-state index contributed by atoms with van der Waals surface area (Å²) in [5.74, 6) is 2.58. The van der Waals surface area contributed by atoms with Crippen LogP contribution in [-0.2, 0) is 12.8 Å². The van der Waals surface area contributed by atoms with Gasteiger partial charge in [0.1, 0.15) is 0 Å². The second-order valence-electron chi connectivity index (χ2n) is 6.31. The van der Waals surface area contributed by atoms with Crippen LogP contribution in [0.3, 0.4) is 0 Å². The van der Waals surface area contributed by atoms with Crippen molar-refractivity contribution in [2.75, 3.05) is 40.3 Å². The van der Waals surface area contributed by atoms with Gasteiger partial charge in [0.25, 0.3) is 0 Å². The van der Waals surface area contributed by atoms with Crippen molar-refractivity contribution < 1.29 is 14.2 Å². The Labute approximate surface area is 148 Å². The number of methoxy groups -OCH3 is 3. The highest BCUT2D eigenvalue weighted by atomic mass is 16.5. The molecule has 0 fully saturated rings. The molecule has 0 unspecified atom stereocenters. The van der Waals surface area contributed by atoms with Crippen LogP contribution in [0.1, 0.15) is 24.1 Å². The Bertz CT molecular complexity index is 750. The predicted octanol–water partition coefficient (Wildman–Crippen LogP) is 3.11. The molecule has 0 aliphatic heterocycles. The highest BCUT2D eigenvalue weighted by molar-refractivity contribution is 5.72. The second-order valence-corrected chi connectivity index (χ2v) is 6.31. The molecule has 0 spiro atoms. The molecule has 134 valence electrons. The summed E-state index contributed by atoms with van der Waals surface area (Å²) in [6, 6.07) is 3.91. The molecule has 3 rings (SSSR count). The fraction of sp³-hybridized carbons (Fsp3) is 0.474. The SMILES string of the molecule is COc1cc(-c2nc(N(C)C)nc3c2CCCC3)cc(OC)c1OC. The van der Waals surface area contributed by atoms with Gasteiger partial charge in [0, 0.05) is 30.9 Å². The Morgan fingerprint density at radius 3 is 2.08 bits per heavy atom. The zero-order chi connectivity index (χ0) is 18.0. The summed E-state index contributed by atoms with van der Waals surface area (Å²) in [6.45, 7) is 0. The number of aromatic nitrogens is 2. The molecule has 1 aromatic heterocycles. The van der Waals surface area contributed by atoms with Gasteiger partial charge >= 0.3 is 0 Å². The number of rotatable bonds is 5. The quantitative estimate of drug-likeness (QED) is 0.831. The van der Waals surface area contributed by atoms with E-state index in [4.69, 9.17) is 24.2 Å². The van der Waals surface area contributed by atoms with E-state index in [1.807, 2.05) is 31.1 Å². The molecule has 0 bridgehead atoms. The Morgan fingerprint density at radius 1 is 0.880 bits per heavy atom. The smallest absolute Gasteiger partial charge is 0.225 e. The van der Waals surface area contributed by atoms with Gasteiger partial charge < -0.3 is 19.1 Å². The van der Waals surface area contributed by atoms with E-state index in [2.05, 4.69) is 0 Å². The molecule has 6 nitrogen and oxygen atoms in total. The van der Waals surface area contributed by atoms with Crippen molar-refractivity contribution in [1.82, 2.24) is 9.97 Å². The van der Waals surface area contributed by atoms with E-state index in [-0.39, 0.29) is 0 Å². The first-order valence-electron chi connectivity index (χ1n) is 8.46. The van der Waals surface area contributed by atoms with E-state index in [0.29, 0.717) is 17.2 Å². The number of ether oxygens (including phenoxy) is 3. The van der Waals surface area contributed by atoms with Crippen molar-refractivity contribution in [3.8, 4) is 28.5 Å². The third-order valence-corrected chi connectivity index (χ3v) is 4.51. The van der Waals surface area contributed by atoms with Crippen LogP contribution in [-0.4, -0.2) is 45.4 Å². The molecule has 1 aliphatic rings. The lowest BCUT2D eigenvalue weighted by Gasteiger charge is -2.22. The minimum atomic E-state index is 0.588. The van der Waals surface area contributed by atoms with Crippen molar-refractivity contribution >= 4 is 5.95 Å². The Hall–Kier alpha value is -2.50. The number of anilines is 1. The van der Waals surface area contributed by atoms with E-state index in [1.165, 1.54) is 12.0 Å². The minimum Gasteiger partial charge on any atom is -0.493 e. The Balaban J connectivity index is 2.23. The van der Waals surface area contributed by atoms with Crippen molar-refractivity contribution in [3.05, 3.63) is 23.4 Å². The highest BCUT2D eigenvalue weighted by Crippen LogP contribution is 2.42. The second kappa shape index (κ2) is 7.17. The molecule has 0 amide bonds. The first-order valence-corrected chi connectivity index (χ1v) is 8.46. The number of fused-ring (bicyclic) bond motifs is 1. The summed E-state index contributed by atoms with van der Waals surface area (Å²) in [6.07, 6.45) is 4.33. The van der Waals surface area contributed by atoms with Crippen LogP contribution in [0.4, 0.5) is 5.95 Å². The molecular weight excluding hydrogens is 318 g/mol. The number of benzene rings is 1. The summed E-state index contributed by atoms with van der Waals surface area (Å²) in [4.78, 5) is 11.5. The maximum absolute atomic E-state index is 5.50. The first kappa shape index (κ1) is 17.3. The van der Waals surface area contributed by atoms with Gasteiger partial charge in [-0.25, -0.2) is 9.97 Å². The molecule has 1 aromatic carbocycles. The highest BCUT2D eigenvalue weighted by Gasteiger charge is 2.22. The average Bonchev–Trinajstić information content (AvgIpc) is 2.65. The molecule has 0 saturated heterocycles. The molecule has 25 heavy (non-hydrogen) atoms. The molecule has 2 aromatic rings. The van der Waals surface area contributed by atoms with Crippen molar-refractivity contribution in [2.24, 2.45) is 0 Å². The maximum Gasteiger partial charge on any atom is 0.225 e. The molecule has 0 saturated carbocycles. The zero-order valence-electron chi connectivity index (χ0n) is 15.5. The Kier molecular flexibility index (Phi) is 4.97. The lowest BCUT2D eigenvalue weighted by Crippen LogP contribution is -2.17. The van der Waals surface area contributed by atoms with E-state index in [1.54, 1.807) is 21.3 Å². The van der Waals surface area contributed by atoms with Gasteiger partial charge in [0.05, 0.1) is 27.0 Å². The Morgan fingerprint density at radius 2 is 1.52 bits per heavy atom. The number of aryl methyl sites for hydroxylation is 1. The monoisotopic (exact) mass is 343 g/mol. The van der Waals surface area contributed by atoms with Crippen LogP contribution in [0.15, 0.2) is 12.1 Å². The van der Waals surface area contributed by atoms with Gasteiger partial charge in [-0.05, 0) is 37.8 Å². The van der Waals surface area contributed by atoms with Gasteiger partial charge in [-0.2, -0.15) is 0 Å². The van der Waals surface area contributed by atoms with Gasteiger partial charge in [0.2, 0.25) is 11.7 Å². The largest absolute Gasteiger partial charge is 0.493 e. The van der Waals surface area contributed by atoms with Crippen molar-refractivity contribution in [1.29, 1.82) is 0 Å². The summed E-state index contributed by atoms with van der Waals surface area (Å²) in [7, 11) is 8.79. The van der Waals surface area contributed by atoms with Crippen molar-refractivity contribution in [2.45, 2.75) is 25.7 Å². The topological polar surface area (TPSA) is 56.7 Å². The molecule has 0 atom stereocenters. The van der Waals surface area contributed by atoms with Crippen LogP contribution >= 0.6 is 0 Å². The lowest BCUT2D eigenvalue weighted by atomic mass is 9.92. The summed E-state index contributed by atoms with van der Waals surface area (Å²) < 4.78 is 16.4. The summed E-state index contributed by atoms with van der Waals surface area (Å²) >= 11 is 0. The average molecular weight is 343 g/mol. The van der Waals surface area contributed by atoms with Crippen LogP contribution in [0.5, 0.6) is 17.2 Å². The normalized spacial score (nSPS) is 13.2. The number of hydrogen-bond acceptors (Lipinski definition) is 6. The van der Waals surface area contributed by atoms with Gasteiger partial charge in [-0.3, -0.25) is 0 Å². The molecule has 1 heterocycles. The van der Waals surface area contributed by atoms with E-state index in [0.717, 1.165) is 42.2 Å². The van der Waals surface area contributed by atoms with E-state index < -0.39 is 0 Å². The van der Waals surface area contributed by atoms with Crippen LogP contribution < -0.4 is 19.1 Å². The molecule has 0 N–H and O–H groups in total. The van der Waals surface area contributed by atoms with E-state index in [9.17, 15) is 0 Å². The molecule has 1 aliphatic carbocycles. The zero-order valence-corrected chi connectivity index (χ0v) is 15.5. The van der Waals surface area contributed by atoms with Crippen molar-refractivity contribution in [3.63, 3.8) is 0 Å². The third kappa shape index (κ3) is 3.21. The predicted molar refractivity (Wildman–Crippen MR) is 98.1 cm³/mol. The van der Waals surface area contributed by atoms with Crippen LogP contribution in [0, 0.1) is 0 Å². The third-order valence-electron chi connectivity index (χ3n) is 4.51. The molecule has 6 heteroatoms. The standard InChI is InChI=1S/C19H25N3O3/c1-22(2)19-20-14-9-7-6-8-13(14)17(21-19)12-10-15(23-3)18(25-5)16(11-12)24-4/h10-11H,6-9H2,1-5H3. The van der Waals surface area contributed by atoms with E-state index >= 15 is 0 Å². The summed E-state index contributed by atoms with van der Waals surface area (Å²) in [5.41, 5.74) is 4.28. The van der Waals surface area contributed by atoms with Gasteiger partial charge in [0.15, 0.2) is 11.5 Å². The summed E-state index contributed by atoms with van der Waals surface area (Å²) in [5, 5.41) is 0. The maximum atomic E-state index is 5.50. The number of nitrogens with zero attached hydrogens (tertiary/aromatic N) is 3. The van der Waals surface area contributed by atoms with Gasteiger partial charge in [-0.15, -0.1) is 0 Å². The fourth-order valence-electron chi connectivity index (χ4n) is 3.24. The van der Waals surface area contributed by atoms with Crippen LogP contribution in [0.25, 0.3) is 11.3 Å². The molecular formula is C19H25N3O3. The fourth-order valence-corrected chi connectivity index (χ4v) is 3.24. The molecule has 0 radical (unpaired) electrons. The lowest BCUT2D eigenvalue weighted by molar-refractivity contribution is 0.324. The minimum absolute atomic E-state index is 0.588. The number of hydrogen-bond donors (Lipinski definition) is 0.